The van der Waals surface area contributed by atoms with Gasteiger partial charge in [-0.15, -0.1) is 0 Å². The van der Waals surface area contributed by atoms with Gasteiger partial charge in [0.1, 0.15) is 11.5 Å². The highest BCUT2D eigenvalue weighted by molar-refractivity contribution is 5.82. The number of hydrazone groups is 1. The molecule has 0 saturated heterocycles. The van der Waals surface area contributed by atoms with E-state index in [4.69, 9.17) is 14.2 Å². The van der Waals surface area contributed by atoms with Gasteiger partial charge >= 0.3 is 0 Å². The molecule has 1 aromatic heterocycles. The van der Waals surface area contributed by atoms with Gasteiger partial charge in [-0.3, -0.25) is 9.36 Å². The first kappa shape index (κ1) is 20.3. The SMILES string of the molecule is COCCCn1c(N/N=C\c2cc(OC)cc(OC)c2)nc2ccccc2c1=O. The first-order valence-corrected chi connectivity index (χ1v) is 9.17. The number of nitrogens with one attached hydrogen (secondary N) is 1. The van der Waals surface area contributed by atoms with Crippen LogP contribution in [0.2, 0.25) is 0 Å². The number of ether oxygens (including phenoxy) is 3. The highest BCUT2D eigenvalue weighted by Crippen LogP contribution is 2.21. The molecule has 0 spiro atoms. The van der Waals surface area contributed by atoms with Gasteiger partial charge in [0.15, 0.2) is 0 Å². The van der Waals surface area contributed by atoms with Crippen molar-refractivity contribution in [3.05, 3.63) is 58.4 Å². The Kier molecular flexibility index (Phi) is 6.80. The standard InChI is InChI=1S/C21H24N4O4/c1-27-10-6-9-25-20(26)18-7-4-5-8-19(18)23-21(25)24-22-14-15-11-16(28-2)13-17(12-15)29-3/h4-5,7-8,11-14H,6,9-10H2,1-3H3,(H,23,24)/b22-14-. The first-order chi connectivity index (χ1) is 14.2. The minimum Gasteiger partial charge on any atom is -0.497 e. The molecule has 0 aliphatic carbocycles. The summed E-state index contributed by atoms with van der Waals surface area (Å²) in [6.07, 6.45) is 2.30. The van der Waals surface area contributed by atoms with Crippen molar-refractivity contribution in [2.24, 2.45) is 5.10 Å². The molecule has 3 rings (SSSR count). The van der Waals surface area contributed by atoms with Crippen molar-refractivity contribution in [3.8, 4) is 11.5 Å². The number of hydrogen-bond donors (Lipinski definition) is 1. The maximum Gasteiger partial charge on any atom is 0.262 e. The molecule has 3 aromatic rings. The number of anilines is 1. The largest absolute Gasteiger partial charge is 0.497 e. The number of nitrogens with zero attached hydrogens (tertiary/aromatic N) is 3. The van der Waals surface area contributed by atoms with E-state index in [0.29, 0.717) is 47.9 Å². The van der Waals surface area contributed by atoms with Gasteiger partial charge in [0.25, 0.3) is 5.56 Å². The van der Waals surface area contributed by atoms with Crippen LogP contribution in [0.15, 0.2) is 52.4 Å². The Labute approximate surface area is 168 Å². The Morgan fingerprint density at radius 3 is 2.52 bits per heavy atom. The van der Waals surface area contributed by atoms with E-state index in [0.717, 1.165) is 5.56 Å². The van der Waals surface area contributed by atoms with E-state index in [1.807, 2.05) is 24.3 Å². The average molecular weight is 396 g/mol. The minimum atomic E-state index is -0.118. The Balaban J connectivity index is 1.91. The van der Waals surface area contributed by atoms with Crippen LogP contribution in [0.1, 0.15) is 12.0 Å². The van der Waals surface area contributed by atoms with Crippen molar-refractivity contribution >= 4 is 23.1 Å². The molecule has 1 N–H and O–H groups in total. The molecule has 8 nitrogen and oxygen atoms in total. The maximum absolute atomic E-state index is 12.9. The van der Waals surface area contributed by atoms with E-state index in [9.17, 15) is 4.79 Å². The molecule has 0 bridgehead atoms. The number of para-hydroxylation sites is 1. The van der Waals surface area contributed by atoms with Crippen LogP contribution in [-0.4, -0.2) is 43.7 Å². The van der Waals surface area contributed by atoms with Crippen molar-refractivity contribution in [2.45, 2.75) is 13.0 Å². The average Bonchev–Trinajstić information content (AvgIpc) is 2.75. The van der Waals surface area contributed by atoms with Crippen LogP contribution in [0, 0.1) is 0 Å². The third kappa shape index (κ3) is 4.91. The molecule has 0 unspecified atom stereocenters. The lowest BCUT2D eigenvalue weighted by molar-refractivity contribution is 0.190. The monoisotopic (exact) mass is 396 g/mol. The van der Waals surface area contributed by atoms with Crippen LogP contribution in [0.25, 0.3) is 10.9 Å². The van der Waals surface area contributed by atoms with Gasteiger partial charge in [0.05, 0.1) is 31.3 Å². The van der Waals surface area contributed by atoms with E-state index in [-0.39, 0.29) is 5.56 Å². The number of methoxy groups -OCH3 is 3. The molecule has 0 amide bonds. The molecule has 0 aliphatic rings. The highest BCUT2D eigenvalue weighted by Gasteiger charge is 2.10. The Hall–Kier alpha value is -3.39. The lowest BCUT2D eigenvalue weighted by atomic mass is 10.2. The van der Waals surface area contributed by atoms with E-state index in [1.54, 1.807) is 50.3 Å². The summed E-state index contributed by atoms with van der Waals surface area (Å²) < 4.78 is 17.2. The fourth-order valence-electron chi connectivity index (χ4n) is 2.90. The second-order valence-electron chi connectivity index (χ2n) is 6.27. The molecule has 0 radical (unpaired) electrons. The van der Waals surface area contributed by atoms with Crippen LogP contribution >= 0.6 is 0 Å². The molecular weight excluding hydrogens is 372 g/mol. The summed E-state index contributed by atoms with van der Waals surface area (Å²) in [4.78, 5) is 17.5. The predicted molar refractivity (Wildman–Crippen MR) is 113 cm³/mol. The topological polar surface area (TPSA) is 87.0 Å². The van der Waals surface area contributed by atoms with Gasteiger partial charge < -0.3 is 14.2 Å². The molecule has 29 heavy (non-hydrogen) atoms. The quantitative estimate of drug-likeness (QED) is 0.340. The number of fused-ring (bicyclic) bond motifs is 1. The number of hydrogen-bond acceptors (Lipinski definition) is 7. The normalized spacial score (nSPS) is 11.1. The summed E-state index contributed by atoms with van der Waals surface area (Å²) >= 11 is 0. The third-order valence-electron chi connectivity index (χ3n) is 4.34. The lowest BCUT2D eigenvalue weighted by Crippen LogP contribution is -2.24. The van der Waals surface area contributed by atoms with Gasteiger partial charge in [-0.25, -0.2) is 10.4 Å². The van der Waals surface area contributed by atoms with Crippen LogP contribution in [0.5, 0.6) is 11.5 Å². The second kappa shape index (κ2) is 9.70. The molecule has 152 valence electrons. The number of aromatic nitrogens is 2. The van der Waals surface area contributed by atoms with Gasteiger partial charge in [-0.2, -0.15) is 5.10 Å². The summed E-state index contributed by atoms with van der Waals surface area (Å²) in [5, 5.41) is 4.83. The molecule has 2 aromatic carbocycles. The maximum atomic E-state index is 12.9. The van der Waals surface area contributed by atoms with Gasteiger partial charge in [0, 0.05) is 31.9 Å². The zero-order valence-electron chi connectivity index (χ0n) is 16.7. The summed E-state index contributed by atoms with van der Waals surface area (Å²) in [6, 6.07) is 12.7. The fourth-order valence-corrected chi connectivity index (χ4v) is 2.90. The van der Waals surface area contributed by atoms with Crippen LogP contribution in [0.3, 0.4) is 0 Å². The molecule has 0 fully saturated rings. The van der Waals surface area contributed by atoms with Gasteiger partial charge in [0.2, 0.25) is 5.95 Å². The summed E-state index contributed by atoms with van der Waals surface area (Å²) in [5.74, 6) is 1.69. The van der Waals surface area contributed by atoms with E-state index >= 15 is 0 Å². The van der Waals surface area contributed by atoms with Crippen LogP contribution in [-0.2, 0) is 11.3 Å². The lowest BCUT2D eigenvalue weighted by Gasteiger charge is -2.12. The highest BCUT2D eigenvalue weighted by atomic mass is 16.5. The Morgan fingerprint density at radius 1 is 1.10 bits per heavy atom. The van der Waals surface area contributed by atoms with Crippen molar-refractivity contribution in [1.29, 1.82) is 0 Å². The minimum absolute atomic E-state index is 0.118. The summed E-state index contributed by atoms with van der Waals surface area (Å²) in [6.45, 7) is 1.01. The Bertz CT molecular complexity index is 1040. The zero-order valence-corrected chi connectivity index (χ0v) is 16.7. The van der Waals surface area contributed by atoms with E-state index < -0.39 is 0 Å². The van der Waals surface area contributed by atoms with Crippen molar-refractivity contribution < 1.29 is 14.2 Å². The predicted octanol–water partition coefficient (Wildman–Crippen LogP) is 2.90. The molecule has 1 heterocycles. The second-order valence-corrected chi connectivity index (χ2v) is 6.27. The molecule has 0 atom stereocenters. The fraction of sp³-hybridized carbons (Fsp3) is 0.286. The molecule has 0 aliphatic heterocycles. The first-order valence-electron chi connectivity index (χ1n) is 9.17. The van der Waals surface area contributed by atoms with Gasteiger partial charge in [-0.1, -0.05) is 12.1 Å². The summed E-state index contributed by atoms with van der Waals surface area (Å²) in [7, 11) is 4.81. The number of benzene rings is 2. The van der Waals surface area contributed by atoms with E-state index in [2.05, 4.69) is 15.5 Å². The number of rotatable bonds is 9. The third-order valence-corrected chi connectivity index (χ3v) is 4.34. The van der Waals surface area contributed by atoms with Crippen molar-refractivity contribution in [1.82, 2.24) is 9.55 Å². The molecule has 8 heteroatoms. The van der Waals surface area contributed by atoms with Crippen molar-refractivity contribution in [2.75, 3.05) is 33.4 Å². The molecule has 0 saturated carbocycles. The zero-order chi connectivity index (χ0) is 20.6. The summed E-state index contributed by atoms with van der Waals surface area (Å²) in [5.41, 5.74) is 4.17. The van der Waals surface area contributed by atoms with E-state index in [1.165, 1.54) is 0 Å². The Morgan fingerprint density at radius 2 is 1.83 bits per heavy atom. The smallest absolute Gasteiger partial charge is 0.262 e. The van der Waals surface area contributed by atoms with Gasteiger partial charge in [-0.05, 0) is 30.7 Å². The van der Waals surface area contributed by atoms with Crippen molar-refractivity contribution in [3.63, 3.8) is 0 Å². The van der Waals surface area contributed by atoms with Crippen LogP contribution < -0.4 is 20.5 Å². The molecular formula is C21H24N4O4. The van der Waals surface area contributed by atoms with Crippen LogP contribution in [0.4, 0.5) is 5.95 Å².